The monoisotopic (exact) mass is 337 g/mol. The van der Waals surface area contributed by atoms with E-state index >= 15 is 0 Å². The Hall–Kier alpha value is -1.01. The maximum Gasteiger partial charge on any atom is 0.264 e. The van der Waals surface area contributed by atoms with E-state index in [1.165, 1.54) is 0 Å². The van der Waals surface area contributed by atoms with Crippen molar-refractivity contribution >= 4 is 35.6 Å². The first-order valence-corrected chi connectivity index (χ1v) is 6.48. The fraction of sp³-hybridized carbons (Fsp3) is 0.333. The Morgan fingerprint density at radius 2 is 2.15 bits per heavy atom. The van der Waals surface area contributed by atoms with E-state index in [1.54, 1.807) is 18.2 Å². The van der Waals surface area contributed by atoms with Gasteiger partial charge in [-0.2, -0.15) is 4.98 Å². The van der Waals surface area contributed by atoms with Crippen molar-refractivity contribution in [3.05, 3.63) is 40.0 Å². The smallest absolute Gasteiger partial charge is 0.264 e. The molecule has 1 heterocycles. The van der Waals surface area contributed by atoms with Crippen LogP contribution in [0.15, 0.2) is 22.7 Å². The van der Waals surface area contributed by atoms with Crippen molar-refractivity contribution in [2.45, 2.75) is 13.0 Å². The molecule has 2 aromatic rings. The van der Waals surface area contributed by atoms with Gasteiger partial charge in [0.1, 0.15) is 5.75 Å². The van der Waals surface area contributed by atoms with Gasteiger partial charge in [0.25, 0.3) is 5.89 Å². The minimum atomic E-state index is 0. The summed E-state index contributed by atoms with van der Waals surface area (Å²) < 4.78 is 10.6. The maximum atomic E-state index is 5.99. The van der Waals surface area contributed by atoms with Gasteiger partial charge in [-0.15, -0.1) is 12.4 Å². The fourth-order valence-electron chi connectivity index (χ4n) is 1.42. The van der Waals surface area contributed by atoms with Gasteiger partial charge < -0.3 is 14.6 Å². The lowest BCUT2D eigenvalue weighted by atomic mass is 10.3. The lowest BCUT2D eigenvalue weighted by Gasteiger charge is -2.05. The molecule has 2 rings (SSSR count). The third-order valence-electron chi connectivity index (χ3n) is 2.35. The largest absolute Gasteiger partial charge is 0.482 e. The van der Waals surface area contributed by atoms with Crippen molar-refractivity contribution in [1.82, 2.24) is 15.5 Å². The average molecular weight is 339 g/mol. The lowest BCUT2D eigenvalue weighted by molar-refractivity contribution is 0.242. The normalized spacial score (nSPS) is 10.2. The fourth-order valence-corrected chi connectivity index (χ4v) is 1.88. The highest BCUT2D eigenvalue weighted by molar-refractivity contribution is 6.35. The molecule has 110 valence electrons. The second-order valence-corrected chi connectivity index (χ2v) is 4.66. The van der Waals surface area contributed by atoms with Gasteiger partial charge in [0.2, 0.25) is 0 Å². The number of halogens is 3. The first kappa shape index (κ1) is 17.0. The van der Waals surface area contributed by atoms with Crippen LogP contribution in [0.1, 0.15) is 11.7 Å². The molecule has 5 nitrogen and oxygen atoms in total. The Bertz CT molecular complexity index is 548. The van der Waals surface area contributed by atoms with E-state index in [0.717, 1.165) is 6.54 Å². The van der Waals surface area contributed by atoms with E-state index in [0.29, 0.717) is 33.9 Å². The molecule has 0 atom stereocenters. The van der Waals surface area contributed by atoms with Gasteiger partial charge in [0.15, 0.2) is 12.4 Å². The van der Waals surface area contributed by atoms with E-state index in [9.17, 15) is 0 Å². The van der Waals surface area contributed by atoms with Crippen LogP contribution < -0.4 is 10.1 Å². The number of hydrogen-bond donors (Lipinski definition) is 1. The van der Waals surface area contributed by atoms with Crippen LogP contribution in [0, 0.1) is 0 Å². The minimum absolute atomic E-state index is 0. The zero-order chi connectivity index (χ0) is 13.7. The molecule has 20 heavy (non-hydrogen) atoms. The van der Waals surface area contributed by atoms with Crippen LogP contribution in [0.25, 0.3) is 0 Å². The number of aromatic nitrogens is 2. The zero-order valence-corrected chi connectivity index (χ0v) is 13.1. The number of nitrogens with one attached hydrogen (secondary N) is 1. The molecular formula is C12H14Cl3N3O2. The van der Waals surface area contributed by atoms with Crippen molar-refractivity contribution in [3.63, 3.8) is 0 Å². The van der Waals surface area contributed by atoms with Crippen LogP contribution in [-0.4, -0.2) is 23.7 Å². The van der Waals surface area contributed by atoms with E-state index in [1.807, 2.05) is 7.05 Å². The molecule has 0 spiro atoms. The zero-order valence-electron chi connectivity index (χ0n) is 10.7. The van der Waals surface area contributed by atoms with Crippen LogP contribution in [0.5, 0.6) is 5.75 Å². The number of ether oxygens (including phenoxy) is 1. The molecule has 0 unspecified atom stereocenters. The summed E-state index contributed by atoms with van der Waals surface area (Å²) in [6.07, 6.45) is 0.710. The number of benzene rings is 1. The van der Waals surface area contributed by atoms with E-state index in [2.05, 4.69) is 15.5 Å². The Morgan fingerprint density at radius 1 is 1.35 bits per heavy atom. The van der Waals surface area contributed by atoms with Gasteiger partial charge in [0.05, 0.1) is 5.02 Å². The SMILES string of the molecule is CNCCc1noc(COc2ccc(Cl)cc2Cl)n1.Cl. The van der Waals surface area contributed by atoms with Crippen LogP contribution in [-0.2, 0) is 13.0 Å². The Kier molecular flexibility index (Phi) is 7.09. The standard InChI is InChI=1S/C12H13Cl2N3O2.ClH/c1-15-5-4-11-16-12(19-17-11)7-18-10-3-2-8(13)6-9(10)14;/h2-3,6,15H,4-5,7H2,1H3;1H. The van der Waals surface area contributed by atoms with Crippen LogP contribution in [0.2, 0.25) is 10.0 Å². The molecular weight excluding hydrogens is 325 g/mol. The second kappa shape index (κ2) is 8.32. The molecule has 1 N–H and O–H groups in total. The predicted molar refractivity (Wildman–Crippen MR) is 80.0 cm³/mol. The van der Waals surface area contributed by atoms with Gasteiger partial charge >= 0.3 is 0 Å². The van der Waals surface area contributed by atoms with E-state index < -0.39 is 0 Å². The van der Waals surface area contributed by atoms with Crippen molar-refractivity contribution in [2.75, 3.05) is 13.6 Å². The molecule has 0 aliphatic carbocycles. The average Bonchev–Trinajstić information content (AvgIpc) is 2.83. The molecule has 0 saturated carbocycles. The van der Waals surface area contributed by atoms with Crippen molar-refractivity contribution < 1.29 is 9.26 Å². The van der Waals surface area contributed by atoms with Crippen molar-refractivity contribution in [2.24, 2.45) is 0 Å². The molecule has 0 fully saturated rings. The summed E-state index contributed by atoms with van der Waals surface area (Å²) >= 11 is 11.8. The Morgan fingerprint density at radius 3 is 2.85 bits per heavy atom. The van der Waals surface area contributed by atoms with Gasteiger partial charge in [-0.3, -0.25) is 0 Å². The molecule has 1 aromatic heterocycles. The first-order valence-electron chi connectivity index (χ1n) is 5.73. The van der Waals surface area contributed by atoms with Crippen LogP contribution in [0.3, 0.4) is 0 Å². The number of likely N-dealkylation sites (N-methyl/N-ethyl adjacent to an activating group) is 1. The number of nitrogens with zero attached hydrogens (tertiary/aromatic N) is 2. The highest BCUT2D eigenvalue weighted by atomic mass is 35.5. The van der Waals surface area contributed by atoms with Crippen LogP contribution >= 0.6 is 35.6 Å². The molecule has 0 amide bonds. The second-order valence-electron chi connectivity index (χ2n) is 3.82. The Balaban J connectivity index is 0.00000200. The lowest BCUT2D eigenvalue weighted by Crippen LogP contribution is -2.11. The Labute approximate surface area is 133 Å². The molecule has 8 heteroatoms. The topological polar surface area (TPSA) is 60.2 Å². The summed E-state index contributed by atoms with van der Waals surface area (Å²) in [5, 5.41) is 7.86. The molecule has 0 saturated heterocycles. The van der Waals surface area contributed by atoms with Gasteiger partial charge in [-0.05, 0) is 25.2 Å². The molecule has 0 radical (unpaired) electrons. The number of hydrogen-bond acceptors (Lipinski definition) is 5. The molecule has 0 aliphatic rings. The highest BCUT2D eigenvalue weighted by Crippen LogP contribution is 2.27. The maximum absolute atomic E-state index is 5.99. The van der Waals surface area contributed by atoms with Crippen molar-refractivity contribution in [3.8, 4) is 5.75 Å². The van der Waals surface area contributed by atoms with Gasteiger partial charge in [-0.25, -0.2) is 0 Å². The summed E-state index contributed by atoms with van der Waals surface area (Å²) in [5.41, 5.74) is 0. The van der Waals surface area contributed by atoms with Gasteiger partial charge in [-0.1, -0.05) is 28.4 Å². The van der Waals surface area contributed by atoms with Gasteiger partial charge in [0, 0.05) is 18.0 Å². The number of rotatable bonds is 6. The quantitative estimate of drug-likeness (QED) is 0.877. The van der Waals surface area contributed by atoms with Crippen molar-refractivity contribution in [1.29, 1.82) is 0 Å². The summed E-state index contributed by atoms with van der Waals surface area (Å²) in [6.45, 7) is 0.969. The highest BCUT2D eigenvalue weighted by Gasteiger charge is 2.08. The summed E-state index contributed by atoms with van der Waals surface area (Å²) in [7, 11) is 1.87. The minimum Gasteiger partial charge on any atom is -0.482 e. The molecule has 0 aliphatic heterocycles. The summed E-state index contributed by atoms with van der Waals surface area (Å²) in [4.78, 5) is 4.20. The third kappa shape index (κ3) is 4.83. The first-order chi connectivity index (χ1) is 9.19. The predicted octanol–water partition coefficient (Wildman–Crippen LogP) is 3.14. The molecule has 1 aromatic carbocycles. The summed E-state index contributed by atoms with van der Waals surface area (Å²) in [5.74, 6) is 1.59. The van der Waals surface area contributed by atoms with Crippen LogP contribution in [0.4, 0.5) is 0 Å². The van der Waals surface area contributed by atoms with E-state index in [-0.39, 0.29) is 19.0 Å². The summed E-state index contributed by atoms with van der Waals surface area (Å²) in [6, 6.07) is 5.02. The third-order valence-corrected chi connectivity index (χ3v) is 2.88. The van der Waals surface area contributed by atoms with E-state index in [4.69, 9.17) is 32.5 Å². The molecule has 0 bridgehead atoms.